The van der Waals surface area contributed by atoms with Crippen LogP contribution in [-0.2, 0) is 20.8 Å². The van der Waals surface area contributed by atoms with Crippen molar-refractivity contribution in [2.75, 3.05) is 0 Å². The van der Waals surface area contributed by atoms with Gasteiger partial charge in [0.15, 0.2) is 0 Å². The van der Waals surface area contributed by atoms with Gasteiger partial charge in [-0.15, -0.1) is 0 Å². The van der Waals surface area contributed by atoms with Crippen LogP contribution in [0.2, 0.25) is 0 Å². The Morgan fingerprint density at radius 2 is 1.53 bits per heavy atom. The van der Waals surface area contributed by atoms with Crippen molar-refractivity contribution in [2.45, 2.75) is 38.6 Å². The Labute approximate surface area is 175 Å². The first-order chi connectivity index (χ1) is 14.3. The fourth-order valence-electron chi connectivity index (χ4n) is 3.89. The van der Waals surface area contributed by atoms with Crippen molar-refractivity contribution in [3.05, 3.63) is 60.2 Å². The summed E-state index contributed by atoms with van der Waals surface area (Å²) in [7, 11) is 0. The van der Waals surface area contributed by atoms with Crippen LogP contribution in [0.15, 0.2) is 54.6 Å². The lowest BCUT2D eigenvalue weighted by atomic mass is 9.73. The molecule has 0 aromatic heterocycles. The van der Waals surface area contributed by atoms with E-state index in [4.69, 9.17) is 0 Å². The van der Waals surface area contributed by atoms with Crippen molar-refractivity contribution in [1.29, 1.82) is 0 Å². The van der Waals surface area contributed by atoms with Crippen LogP contribution in [0.5, 0.6) is 0 Å². The molecule has 6 nitrogen and oxygen atoms in total. The molecule has 6 heteroatoms. The molecule has 4 atom stereocenters. The van der Waals surface area contributed by atoms with Crippen molar-refractivity contribution >= 4 is 17.8 Å². The van der Waals surface area contributed by atoms with E-state index in [9.17, 15) is 24.6 Å². The Kier molecular flexibility index (Phi) is 6.87. The highest BCUT2D eigenvalue weighted by molar-refractivity contribution is 5.86. The highest BCUT2D eigenvalue weighted by Gasteiger charge is 2.42. The fourth-order valence-corrected chi connectivity index (χ4v) is 3.89. The maximum Gasteiger partial charge on any atom is 0.307 e. The normalized spacial score (nSPS) is 19.9. The lowest BCUT2D eigenvalue weighted by Gasteiger charge is -2.33. The summed E-state index contributed by atoms with van der Waals surface area (Å²) in [6.07, 6.45) is 1.83. The Morgan fingerprint density at radius 3 is 2.07 bits per heavy atom. The van der Waals surface area contributed by atoms with Crippen LogP contribution < -0.4 is 5.32 Å². The van der Waals surface area contributed by atoms with Crippen molar-refractivity contribution < 1.29 is 24.6 Å². The number of carboxylic acid groups (broad SMARTS) is 2. The molecule has 1 fully saturated rings. The Morgan fingerprint density at radius 1 is 0.933 bits per heavy atom. The van der Waals surface area contributed by atoms with E-state index in [2.05, 4.69) is 5.32 Å². The van der Waals surface area contributed by atoms with Crippen LogP contribution in [-0.4, -0.2) is 34.1 Å². The molecule has 0 spiro atoms. The molecule has 1 saturated carbocycles. The van der Waals surface area contributed by atoms with Gasteiger partial charge in [-0.1, -0.05) is 61.5 Å². The van der Waals surface area contributed by atoms with Gasteiger partial charge in [-0.3, -0.25) is 14.4 Å². The number of benzene rings is 2. The van der Waals surface area contributed by atoms with Crippen LogP contribution in [0.1, 0.15) is 31.7 Å². The van der Waals surface area contributed by atoms with Gasteiger partial charge in [0, 0.05) is 6.04 Å². The molecular formula is C24H27NO5. The lowest BCUT2D eigenvalue weighted by Crippen LogP contribution is -2.48. The summed E-state index contributed by atoms with van der Waals surface area (Å²) in [6.45, 7) is 1.61. The van der Waals surface area contributed by atoms with E-state index in [0.29, 0.717) is 19.3 Å². The third-order valence-corrected chi connectivity index (χ3v) is 5.88. The van der Waals surface area contributed by atoms with Gasteiger partial charge in [0.25, 0.3) is 0 Å². The number of carboxylic acids is 2. The number of hydrogen-bond donors (Lipinski definition) is 3. The quantitative estimate of drug-likeness (QED) is 0.587. The molecule has 0 unspecified atom stereocenters. The zero-order chi connectivity index (χ0) is 21.7. The molecule has 1 aliphatic carbocycles. The smallest absolute Gasteiger partial charge is 0.307 e. The van der Waals surface area contributed by atoms with Gasteiger partial charge in [0.1, 0.15) is 0 Å². The van der Waals surface area contributed by atoms with Crippen molar-refractivity contribution in [1.82, 2.24) is 5.32 Å². The summed E-state index contributed by atoms with van der Waals surface area (Å²) in [5.41, 5.74) is 3.18. The van der Waals surface area contributed by atoms with Gasteiger partial charge < -0.3 is 15.5 Å². The molecule has 0 aliphatic heterocycles. The molecule has 158 valence electrons. The Hall–Kier alpha value is -3.15. The molecule has 30 heavy (non-hydrogen) atoms. The second-order valence-electron chi connectivity index (χ2n) is 8.08. The summed E-state index contributed by atoms with van der Waals surface area (Å²) in [4.78, 5) is 35.2. The Balaban J connectivity index is 1.70. The molecular weight excluding hydrogens is 382 g/mol. The number of rotatable bonds is 9. The first-order valence-corrected chi connectivity index (χ1v) is 10.3. The van der Waals surface area contributed by atoms with Crippen LogP contribution in [0, 0.1) is 17.8 Å². The maximum absolute atomic E-state index is 12.6. The third-order valence-electron chi connectivity index (χ3n) is 5.88. The number of hydrogen-bond acceptors (Lipinski definition) is 3. The summed E-state index contributed by atoms with van der Waals surface area (Å²) >= 11 is 0. The van der Waals surface area contributed by atoms with E-state index in [1.807, 2.05) is 54.6 Å². The SMILES string of the molecule is C[C@H](C[C@@H](Cc1ccc(-c2ccccc2)cc1)NC(=O)[C@@H]1CC[C@H]1C(=O)O)C(=O)O. The molecule has 3 rings (SSSR count). The van der Waals surface area contributed by atoms with E-state index >= 15 is 0 Å². The van der Waals surface area contributed by atoms with Gasteiger partial charge >= 0.3 is 11.9 Å². The topological polar surface area (TPSA) is 104 Å². The predicted octanol–water partition coefficient (Wildman–Crippen LogP) is 3.60. The summed E-state index contributed by atoms with van der Waals surface area (Å²) in [5, 5.41) is 21.4. The maximum atomic E-state index is 12.6. The molecule has 2 aromatic carbocycles. The third kappa shape index (κ3) is 5.26. The minimum Gasteiger partial charge on any atom is -0.481 e. The highest BCUT2D eigenvalue weighted by Crippen LogP contribution is 2.34. The molecule has 0 saturated heterocycles. The minimum absolute atomic E-state index is 0.284. The van der Waals surface area contributed by atoms with Gasteiger partial charge in [-0.25, -0.2) is 0 Å². The first-order valence-electron chi connectivity index (χ1n) is 10.3. The number of nitrogens with one attached hydrogen (secondary N) is 1. The number of carbonyl (C=O) groups excluding carboxylic acids is 1. The van der Waals surface area contributed by atoms with Crippen molar-refractivity contribution in [3.63, 3.8) is 0 Å². The van der Waals surface area contributed by atoms with Crippen LogP contribution in [0.3, 0.4) is 0 Å². The zero-order valence-electron chi connectivity index (χ0n) is 17.0. The number of aliphatic carboxylic acids is 2. The van der Waals surface area contributed by atoms with Gasteiger partial charge in [-0.2, -0.15) is 0 Å². The average Bonchev–Trinajstić information content (AvgIpc) is 2.67. The van der Waals surface area contributed by atoms with Crippen molar-refractivity contribution in [3.8, 4) is 11.1 Å². The second kappa shape index (κ2) is 9.57. The lowest BCUT2D eigenvalue weighted by molar-refractivity contribution is -0.153. The van der Waals surface area contributed by atoms with E-state index in [0.717, 1.165) is 16.7 Å². The fraction of sp³-hybridized carbons (Fsp3) is 0.375. The number of carbonyl (C=O) groups is 3. The molecule has 1 amide bonds. The molecule has 2 aromatic rings. The summed E-state index contributed by atoms with van der Waals surface area (Å²) < 4.78 is 0. The molecule has 0 radical (unpaired) electrons. The molecule has 3 N–H and O–H groups in total. The second-order valence-corrected chi connectivity index (χ2v) is 8.08. The van der Waals surface area contributed by atoms with Gasteiger partial charge in [0.05, 0.1) is 17.8 Å². The molecule has 0 heterocycles. The van der Waals surface area contributed by atoms with Crippen molar-refractivity contribution in [2.24, 2.45) is 17.8 Å². The van der Waals surface area contributed by atoms with Gasteiger partial charge in [0.2, 0.25) is 5.91 Å². The predicted molar refractivity (Wildman–Crippen MR) is 113 cm³/mol. The van der Waals surface area contributed by atoms with E-state index in [1.54, 1.807) is 6.92 Å². The van der Waals surface area contributed by atoms with E-state index in [-0.39, 0.29) is 18.4 Å². The first kappa shape index (κ1) is 21.6. The minimum atomic E-state index is -0.951. The zero-order valence-corrected chi connectivity index (χ0v) is 17.0. The largest absolute Gasteiger partial charge is 0.481 e. The Bertz CT molecular complexity index is 894. The van der Waals surface area contributed by atoms with E-state index < -0.39 is 29.7 Å². The molecule has 0 bridgehead atoms. The standard InChI is InChI=1S/C24H27NO5/c1-15(23(27)28)13-19(25-22(26)20-11-12-21(20)24(29)30)14-16-7-9-18(10-8-16)17-5-3-2-4-6-17/h2-10,15,19-21H,11-14H2,1H3,(H,25,26)(H,27,28)(H,29,30)/t15-,19+,20-,21-/m1/s1. The summed E-state index contributed by atoms with van der Waals surface area (Å²) in [5.74, 6) is -3.96. The average molecular weight is 409 g/mol. The number of amides is 1. The van der Waals surface area contributed by atoms with Crippen LogP contribution in [0.25, 0.3) is 11.1 Å². The van der Waals surface area contributed by atoms with E-state index in [1.165, 1.54) is 0 Å². The highest BCUT2D eigenvalue weighted by atomic mass is 16.4. The molecule has 1 aliphatic rings. The van der Waals surface area contributed by atoms with Gasteiger partial charge in [-0.05, 0) is 42.4 Å². The van der Waals surface area contributed by atoms with Crippen LogP contribution in [0.4, 0.5) is 0 Å². The summed E-state index contributed by atoms with van der Waals surface area (Å²) in [6, 6.07) is 17.6. The monoisotopic (exact) mass is 409 g/mol. The van der Waals surface area contributed by atoms with Crippen LogP contribution >= 0.6 is 0 Å².